The molecule has 1 aliphatic rings. The molecule has 0 aromatic heterocycles. The SMILES string of the molecule is O=C(O)C(F)(F)F.O=C(O)CCCCS[C@@H]1CN[C@H](C(=O)O)C1. The molecule has 4 N–H and O–H groups in total. The Hall–Kier alpha value is -1.49. The van der Waals surface area contributed by atoms with E-state index in [1.165, 1.54) is 0 Å². The van der Waals surface area contributed by atoms with E-state index in [4.69, 9.17) is 20.1 Å². The number of alkyl halides is 3. The van der Waals surface area contributed by atoms with Gasteiger partial charge in [-0.25, -0.2) is 4.79 Å². The molecular weight excluding hydrogens is 343 g/mol. The maximum atomic E-state index is 10.7. The molecule has 1 rings (SSSR count). The van der Waals surface area contributed by atoms with Crippen LogP contribution in [-0.4, -0.2) is 63.0 Å². The van der Waals surface area contributed by atoms with Crippen molar-refractivity contribution in [1.29, 1.82) is 0 Å². The maximum absolute atomic E-state index is 10.7. The molecule has 1 saturated heterocycles. The quantitative estimate of drug-likeness (QED) is 0.502. The second-order valence-electron chi connectivity index (χ2n) is 4.68. The third-order valence-electron chi connectivity index (χ3n) is 2.77. The van der Waals surface area contributed by atoms with Gasteiger partial charge in [0.05, 0.1) is 0 Å². The number of thioether (sulfide) groups is 1. The molecule has 7 nitrogen and oxygen atoms in total. The largest absolute Gasteiger partial charge is 0.490 e. The summed E-state index contributed by atoms with van der Waals surface area (Å²) in [6.45, 7) is 0.737. The minimum atomic E-state index is -5.08. The van der Waals surface area contributed by atoms with Gasteiger partial charge < -0.3 is 20.6 Å². The van der Waals surface area contributed by atoms with Gasteiger partial charge in [-0.05, 0) is 25.0 Å². The van der Waals surface area contributed by atoms with E-state index >= 15 is 0 Å². The molecular formula is C12H18F3NO6S. The zero-order valence-electron chi connectivity index (χ0n) is 12.0. The van der Waals surface area contributed by atoms with Gasteiger partial charge in [-0.3, -0.25) is 9.59 Å². The Bertz CT molecular complexity index is 418. The molecule has 11 heteroatoms. The Morgan fingerprint density at radius 3 is 2.09 bits per heavy atom. The van der Waals surface area contributed by atoms with Crippen LogP contribution in [-0.2, 0) is 14.4 Å². The third-order valence-corrected chi connectivity index (χ3v) is 4.12. The minimum Gasteiger partial charge on any atom is -0.481 e. The van der Waals surface area contributed by atoms with Crippen molar-refractivity contribution in [3.8, 4) is 0 Å². The molecule has 0 saturated carbocycles. The molecule has 134 valence electrons. The fraction of sp³-hybridized carbons (Fsp3) is 0.750. The van der Waals surface area contributed by atoms with E-state index in [9.17, 15) is 22.8 Å². The monoisotopic (exact) mass is 361 g/mol. The van der Waals surface area contributed by atoms with E-state index in [0.717, 1.165) is 18.7 Å². The van der Waals surface area contributed by atoms with Crippen LogP contribution in [0, 0.1) is 0 Å². The van der Waals surface area contributed by atoms with E-state index in [1.54, 1.807) is 11.8 Å². The predicted octanol–water partition coefficient (Wildman–Crippen LogP) is 1.42. The molecule has 0 unspecified atom stereocenters. The normalized spacial score (nSPS) is 20.5. The van der Waals surface area contributed by atoms with E-state index in [0.29, 0.717) is 18.1 Å². The highest BCUT2D eigenvalue weighted by atomic mass is 32.2. The van der Waals surface area contributed by atoms with Crippen molar-refractivity contribution in [2.45, 2.75) is 43.2 Å². The van der Waals surface area contributed by atoms with Crippen molar-refractivity contribution in [1.82, 2.24) is 5.32 Å². The lowest BCUT2D eigenvalue weighted by Gasteiger charge is -2.07. The lowest BCUT2D eigenvalue weighted by molar-refractivity contribution is -0.192. The van der Waals surface area contributed by atoms with Crippen LogP contribution in [0.15, 0.2) is 0 Å². The highest BCUT2D eigenvalue weighted by Crippen LogP contribution is 2.22. The number of aliphatic carboxylic acids is 3. The van der Waals surface area contributed by atoms with Crippen molar-refractivity contribution < 1.29 is 42.9 Å². The lowest BCUT2D eigenvalue weighted by Crippen LogP contribution is -2.29. The average Bonchev–Trinajstić information content (AvgIpc) is 2.86. The Labute approximate surface area is 134 Å². The summed E-state index contributed by atoms with van der Waals surface area (Å²) in [5.74, 6) is -3.38. The van der Waals surface area contributed by atoms with Gasteiger partial charge in [-0.15, -0.1) is 0 Å². The second-order valence-corrected chi connectivity index (χ2v) is 6.09. The number of unbranched alkanes of at least 4 members (excludes halogenated alkanes) is 1. The topological polar surface area (TPSA) is 124 Å². The van der Waals surface area contributed by atoms with Gasteiger partial charge in [-0.2, -0.15) is 24.9 Å². The smallest absolute Gasteiger partial charge is 0.481 e. The van der Waals surface area contributed by atoms with Crippen LogP contribution < -0.4 is 5.32 Å². The Morgan fingerprint density at radius 2 is 1.70 bits per heavy atom. The van der Waals surface area contributed by atoms with Crippen LogP contribution in [0.4, 0.5) is 13.2 Å². The van der Waals surface area contributed by atoms with Gasteiger partial charge in [0.2, 0.25) is 0 Å². The number of rotatable bonds is 7. The average molecular weight is 361 g/mol. The summed E-state index contributed by atoms with van der Waals surface area (Å²) in [6, 6.07) is -0.406. The van der Waals surface area contributed by atoms with E-state index < -0.39 is 30.1 Å². The third kappa shape index (κ3) is 10.8. The fourth-order valence-electron chi connectivity index (χ4n) is 1.65. The lowest BCUT2D eigenvalue weighted by atomic mass is 10.2. The summed E-state index contributed by atoms with van der Waals surface area (Å²) < 4.78 is 31.7. The first-order chi connectivity index (χ1) is 10.5. The van der Waals surface area contributed by atoms with Gasteiger partial charge in [0.1, 0.15) is 6.04 Å². The molecule has 1 heterocycles. The molecule has 1 aliphatic heterocycles. The number of hydrogen-bond donors (Lipinski definition) is 4. The summed E-state index contributed by atoms with van der Waals surface area (Å²) in [4.78, 5) is 29.8. The van der Waals surface area contributed by atoms with Crippen molar-refractivity contribution in [2.24, 2.45) is 0 Å². The Kier molecular flexibility index (Phi) is 9.65. The van der Waals surface area contributed by atoms with Crippen LogP contribution in [0.2, 0.25) is 0 Å². The van der Waals surface area contributed by atoms with Crippen LogP contribution in [0.1, 0.15) is 25.7 Å². The molecule has 0 bridgehead atoms. The zero-order valence-corrected chi connectivity index (χ0v) is 12.8. The molecule has 1 fully saturated rings. The van der Waals surface area contributed by atoms with Gasteiger partial charge >= 0.3 is 24.1 Å². The van der Waals surface area contributed by atoms with Crippen LogP contribution in [0.25, 0.3) is 0 Å². The van der Waals surface area contributed by atoms with Crippen molar-refractivity contribution in [2.75, 3.05) is 12.3 Å². The molecule has 0 radical (unpaired) electrons. The first kappa shape index (κ1) is 21.5. The first-order valence-corrected chi connectivity index (χ1v) is 7.68. The number of hydrogen-bond acceptors (Lipinski definition) is 5. The van der Waals surface area contributed by atoms with Crippen molar-refractivity contribution in [3.05, 3.63) is 0 Å². The van der Waals surface area contributed by atoms with Gasteiger partial charge in [0, 0.05) is 18.2 Å². The molecule has 0 aromatic carbocycles. The maximum Gasteiger partial charge on any atom is 0.490 e. The number of carboxylic acid groups (broad SMARTS) is 3. The summed E-state index contributed by atoms with van der Waals surface area (Å²) in [6.07, 6.45) is -2.61. The van der Waals surface area contributed by atoms with Crippen LogP contribution in [0.5, 0.6) is 0 Å². The van der Waals surface area contributed by atoms with Crippen LogP contribution >= 0.6 is 11.8 Å². The van der Waals surface area contributed by atoms with Crippen molar-refractivity contribution in [3.63, 3.8) is 0 Å². The molecule has 0 spiro atoms. The summed E-state index contributed by atoms with van der Waals surface area (Å²) >= 11 is 1.74. The fourth-order valence-corrected chi connectivity index (χ4v) is 2.89. The standard InChI is InChI=1S/C10H17NO4S.C2HF3O2/c12-9(13)3-1-2-4-16-7-5-8(10(14)15)11-6-7;3-2(4,5)1(6)7/h7-8,11H,1-6H2,(H,12,13)(H,14,15);(H,6,7)/t7-,8-;/m0./s1. The summed E-state index contributed by atoms with van der Waals surface area (Å²) in [5, 5.41) is 27.6. The van der Waals surface area contributed by atoms with Gasteiger partial charge in [-0.1, -0.05) is 0 Å². The van der Waals surface area contributed by atoms with Gasteiger partial charge in [0.15, 0.2) is 0 Å². The van der Waals surface area contributed by atoms with Crippen molar-refractivity contribution >= 4 is 29.7 Å². The summed E-state index contributed by atoms with van der Waals surface area (Å²) in [7, 11) is 0. The second kappa shape index (κ2) is 10.3. The number of halogens is 3. The highest BCUT2D eigenvalue weighted by Gasteiger charge is 2.38. The van der Waals surface area contributed by atoms with E-state index in [2.05, 4.69) is 5.32 Å². The highest BCUT2D eigenvalue weighted by molar-refractivity contribution is 7.99. The molecule has 2 atom stereocenters. The Balaban J connectivity index is 0.000000585. The zero-order chi connectivity index (χ0) is 18.0. The number of carboxylic acids is 3. The minimum absolute atomic E-state index is 0.223. The summed E-state index contributed by atoms with van der Waals surface area (Å²) in [5.41, 5.74) is 0. The molecule has 0 amide bonds. The predicted molar refractivity (Wildman–Crippen MR) is 75.5 cm³/mol. The number of carbonyl (C=O) groups is 3. The first-order valence-electron chi connectivity index (χ1n) is 6.63. The number of nitrogens with one attached hydrogen (secondary N) is 1. The van der Waals surface area contributed by atoms with E-state index in [-0.39, 0.29) is 6.42 Å². The van der Waals surface area contributed by atoms with E-state index in [1.807, 2.05) is 0 Å². The van der Waals surface area contributed by atoms with Crippen LogP contribution in [0.3, 0.4) is 0 Å². The van der Waals surface area contributed by atoms with Gasteiger partial charge in [0.25, 0.3) is 0 Å². The molecule has 0 aromatic rings. The Morgan fingerprint density at radius 1 is 1.13 bits per heavy atom. The molecule has 23 heavy (non-hydrogen) atoms. The molecule has 0 aliphatic carbocycles.